The van der Waals surface area contributed by atoms with Crippen molar-refractivity contribution < 1.29 is 4.79 Å². The molecule has 0 aromatic carbocycles. The van der Waals surface area contributed by atoms with Crippen LogP contribution >= 0.6 is 34.9 Å². The van der Waals surface area contributed by atoms with Crippen LogP contribution in [0.5, 0.6) is 0 Å². The number of thioether (sulfide) groups is 2. The highest BCUT2D eigenvalue weighted by Gasteiger charge is 2.57. The molecular weight excluding hydrogens is 416 g/mol. The molecule has 2 aliphatic carbocycles. The SMILES string of the molecule is CC1CCN([C@H](CNC(=O)C2C[C@H]3CC[C@@H](C2)C32SCCS2)c2cccs2)CC1. The first kappa shape index (κ1) is 20.7. The highest BCUT2D eigenvalue weighted by atomic mass is 32.2. The lowest BCUT2D eigenvalue weighted by Crippen LogP contribution is -2.46. The molecule has 160 valence electrons. The maximum atomic E-state index is 13.2. The number of hydrogen-bond acceptors (Lipinski definition) is 5. The predicted octanol–water partition coefficient (Wildman–Crippen LogP) is 5.25. The zero-order valence-corrected chi connectivity index (χ0v) is 19.9. The van der Waals surface area contributed by atoms with Gasteiger partial charge >= 0.3 is 0 Å². The van der Waals surface area contributed by atoms with Crippen molar-refractivity contribution >= 4 is 40.8 Å². The Kier molecular flexibility index (Phi) is 6.26. The Labute approximate surface area is 188 Å². The van der Waals surface area contributed by atoms with Gasteiger partial charge < -0.3 is 5.32 Å². The average Bonchev–Trinajstić information content (AvgIpc) is 3.46. The molecule has 3 nitrogen and oxygen atoms in total. The smallest absolute Gasteiger partial charge is 0.223 e. The molecular formula is C23H34N2OS3. The van der Waals surface area contributed by atoms with E-state index in [2.05, 4.69) is 58.2 Å². The number of amides is 1. The maximum Gasteiger partial charge on any atom is 0.223 e. The first-order valence-electron chi connectivity index (χ1n) is 11.5. The molecule has 0 radical (unpaired) electrons. The Morgan fingerprint density at radius 3 is 2.48 bits per heavy atom. The lowest BCUT2D eigenvalue weighted by Gasteiger charge is -2.42. The van der Waals surface area contributed by atoms with E-state index in [1.807, 2.05) is 11.3 Å². The van der Waals surface area contributed by atoms with Crippen LogP contribution in [-0.2, 0) is 4.79 Å². The predicted molar refractivity (Wildman–Crippen MR) is 127 cm³/mol. The maximum absolute atomic E-state index is 13.2. The number of thiophene rings is 1. The first-order valence-corrected chi connectivity index (χ1v) is 14.3. The van der Waals surface area contributed by atoms with Gasteiger partial charge in [0.1, 0.15) is 0 Å². The summed E-state index contributed by atoms with van der Waals surface area (Å²) in [5.41, 5.74) is 0. The van der Waals surface area contributed by atoms with Gasteiger partial charge in [-0.1, -0.05) is 13.0 Å². The number of nitrogens with one attached hydrogen (secondary N) is 1. The summed E-state index contributed by atoms with van der Waals surface area (Å²) in [5.74, 6) is 5.54. The van der Waals surface area contributed by atoms with Crippen LogP contribution in [0.3, 0.4) is 0 Å². The number of carbonyl (C=O) groups excluding carboxylic acids is 1. The van der Waals surface area contributed by atoms with Crippen LogP contribution in [0.15, 0.2) is 17.5 Å². The lowest BCUT2D eigenvalue weighted by atomic mass is 9.79. The molecule has 1 N–H and O–H groups in total. The van der Waals surface area contributed by atoms with Crippen molar-refractivity contribution in [2.24, 2.45) is 23.7 Å². The summed E-state index contributed by atoms with van der Waals surface area (Å²) in [6.45, 7) is 5.45. The summed E-state index contributed by atoms with van der Waals surface area (Å²) in [7, 11) is 0. The minimum atomic E-state index is 0.241. The van der Waals surface area contributed by atoms with Crippen LogP contribution < -0.4 is 5.32 Å². The number of likely N-dealkylation sites (tertiary alicyclic amines) is 1. The lowest BCUT2D eigenvalue weighted by molar-refractivity contribution is -0.127. The fourth-order valence-electron chi connectivity index (χ4n) is 6.19. The fraction of sp³-hybridized carbons (Fsp3) is 0.783. The molecule has 3 heterocycles. The Balaban J connectivity index is 1.21. The minimum Gasteiger partial charge on any atom is -0.354 e. The van der Waals surface area contributed by atoms with Crippen molar-refractivity contribution in [1.29, 1.82) is 0 Å². The topological polar surface area (TPSA) is 32.3 Å². The number of hydrogen-bond donors (Lipinski definition) is 1. The molecule has 1 spiro atoms. The molecule has 1 aromatic heterocycles. The van der Waals surface area contributed by atoms with Crippen molar-refractivity contribution in [3.05, 3.63) is 22.4 Å². The quantitative estimate of drug-likeness (QED) is 0.664. The van der Waals surface area contributed by atoms with Crippen LogP contribution in [0.2, 0.25) is 0 Å². The molecule has 2 aliphatic heterocycles. The van der Waals surface area contributed by atoms with Gasteiger partial charge in [-0.2, -0.15) is 0 Å². The summed E-state index contributed by atoms with van der Waals surface area (Å²) in [5, 5.41) is 5.58. The van der Waals surface area contributed by atoms with E-state index in [-0.39, 0.29) is 5.92 Å². The van der Waals surface area contributed by atoms with Gasteiger partial charge in [0.2, 0.25) is 5.91 Å². The van der Waals surface area contributed by atoms with E-state index in [1.54, 1.807) is 0 Å². The minimum absolute atomic E-state index is 0.241. The van der Waals surface area contributed by atoms with E-state index in [0.717, 1.165) is 50.2 Å². The van der Waals surface area contributed by atoms with Crippen LogP contribution in [0.4, 0.5) is 0 Å². The molecule has 2 bridgehead atoms. The highest BCUT2D eigenvalue weighted by molar-refractivity contribution is 8.21. The number of nitrogens with zero attached hydrogens (tertiary/aromatic N) is 1. The van der Waals surface area contributed by atoms with E-state index in [0.29, 0.717) is 16.0 Å². The number of carbonyl (C=O) groups is 1. The van der Waals surface area contributed by atoms with Gasteiger partial charge in [-0.3, -0.25) is 9.69 Å². The second-order valence-corrected chi connectivity index (χ2v) is 13.5. The zero-order valence-electron chi connectivity index (χ0n) is 17.5. The third kappa shape index (κ3) is 4.04. The van der Waals surface area contributed by atoms with Gasteiger partial charge in [-0.15, -0.1) is 34.9 Å². The van der Waals surface area contributed by atoms with Crippen molar-refractivity contribution in [2.75, 3.05) is 31.1 Å². The molecule has 1 aromatic rings. The highest BCUT2D eigenvalue weighted by Crippen LogP contribution is 2.65. The van der Waals surface area contributed by atoms with Gasteiger partial charge in [0.25, 0.3) is 0 Å². The molecule has 1 amide bonds. The standard InChI is InChI=1S/C23H34N2OS3/c1-16-6-8-25(9-7-16)20(21-3-2-10-27-21)15-24-22(26)17-13-18-4-5-19(14-17)23(18)28-11-12-29-23/h2-3,10,16-20H,4-9,11-15H2,1H3,(H,24,26)/t17?,18-,19+,20-/m1/s1. The second-order valence-electron chi connectivity index (χ2n) is 9.55. The Bertz CT molecular complexity index is 679. The van der Waals surface area contributed by atoms with E-state index < -0.39 is 0 Å². The van der Waals surface area contributed by atoms with Crippen molar-refractivity contribution in [3.63, 3.8) is 0 Å². The zero-order chi connectivity index (χ0) is 19.8. The van der Waals surface area contributed by atoms with Gasteiger partial charge in [0.05, 0.1) is 10.1 Å². The molecule has 6 heteroatoms. The summed E-state index contributed by atoms with van der Waals surface area (Å²) in [4.78, 5) is 17.2. The number of rotatable bonds is 5. The van der Waals surface area contributed by atoms with Gasteiger partial charge in [-0.05, 0) is 80.8 Å². The molecule has 4 fully saturated rings. The summed E-state index contributed by atoms with van der Waals surface area (Å²) >= 11 is 6.28. The molecule has 29 heavy (non-hydrogen) atoms. The third-order valence-electron chi connectivity index (χ3n) is 7.85. The third-order valence-corrected chi connectivity index (χ3v) is 12.8. The van der Waals surface area contributed by atoms with E-state index in [9.17, 15) is 4.79 Å². The van der Waals surface area contributed by atoms with Crippen LogP contribution in [0, 0.1) is 23.7 Å². The summed E-state index contributed by atoms with van der Waals surface area (Å²) in [6, 6.07) is 4.74. The van der Waals surface area contributed by atoms with E-state index in [1.165, 1.54) is 42.1 Å². The molecule has 2 saturated carbocycles. The first-order chi connectivity index (χ1) is 14.2. The van der Waals surface area contributed by atoms with Crippen LogP contribution in [0.1, 0.15) is 56.4 Å². The molecule has 2 saturated heterocycles. The second kappa shape index (κ2) is 8.76. The largest absolute Gasteiger partial charge is 0.354 e. The van der Waals surface area contributed by atoms with Crippen LogP contribution in [0.25, 0.3) is 0 Å². The van der Waals surface area contributed by atoms with Gasteiger partial charge in [0.15, 0.2) is 0 Å². The van der Waals surface area contributed by atoms with E-state index >= 15 is 0 Å². The fourth-order valence-corrected chi connectivity index (χ4v) is 11.0. The average molecular weight is 451 g/mol. The summed E-state index contributed by atoms with van der Waals surface area (Å²) < 4.78 is 0.473. The molecule has 5 rings (SSSR count). The van der Waals surface area contributed by atoms with Crippen molar-refractivity contribution in [2.45, 2.75) is 55.6 Å². The van der Waals surface area contributed by atoms with Crippen LogP contribution in [-0.4, -0.2) is 46.0 Å². The Morgan fingerprint density at radius 2 is 1.86 bits per heavy atom. The molecule has 4 aliphatic rings. The normalized spacial score (nSPS) is 33.2. The molecule has 4 atom stereocenters. The van der Waals surface area contributed by atoms with Gasteiger partial charge in [-0.25, -0.2) is 0 Å². The Morgan fingerprint density at radius 1 is 1.17 bits per heavy atom. The van der Waals surface area contributed by atoms with Gasteiger partial charge in [0, 0.05) is 28.8 Å². The molecule has 1 unspecified atom stereocenters. The number of piperidine rings is 1. The summed E-state index contributed by atoms with van der Waals surface area (Å²) in [6.07, 6.45) is 7.48. The van der Waals surface area contributed by atoms with Crippen molar-refractivity contribution in [3.8, 4) is 0 Å². The van der Waals surface area contributed by atoms with E-state index in [4.69, 9.17) is 0 Å². The monoisotopic (exact) mass is 450 g/mol. The van der Waals surface area contributed by atoms with Crippen molar-refractivity contribution in [1.82, 2.24) is 10.2 Å². The Hall–Kier alpha value is -0.170.